The first-order chi connectivity index (χ1) is 10.1. The van der Waals surface area contributed by atoms with Gasteiger partial charge >= 0.3 is 0 Å². The summed E-state index contributed by atoms with van der Waals surface area (Å²) in [6.45, 7) is 5.05. The number of hydrogen-bond donors (Lipinski definition) is 1. The molecule has 0 amide bonds. The highest BCUT2D eigenvalue weighted by molar-refractivity contribution is 6.30. The van der Waals surface area contributed by atoms with Crippen LogP contribution in [-0.2, 0) is 6.42 Å². The molecule has 1 aromatic heterocycles. The molecule has 1 aromatic carbocycles. The maximum absolute atomic E-state index is 14.0. The number of aromatic nitrogens is 1. The second-order valence-corrected chi connectivity index (χ2v) is 5.62. The van der Waals surface area contributed by atoms with Crippen molar-refractivity contribution in [2.24, 2.45) is 0 Å². The molecule has 2 rings (SSSR count). The van der Waals surface area contributed by atoms with Gasteiger partial charge in [0.1, 0.15) is 5.82 Å². The molecule has 1 N–H and O–H groups in total. The minimum Gasteiger partial charge on any atom is -0.310 e. The maximum Gasteiger partial charge on any atom is 0.127 e. The van der Waals surface area contributed by atoms with Crippen molar-refractivity contribution in [1.82, 2.24) is 10.3 Å². The molecule has 2 aromatic rings. The van der Waals surface area contributed by atoms with Gasteiger partial charge in [-0.1, -0.05) is 24.6 Å². The van der Waals surface area contributed by atoms with Gasteiger partial charge in [0.2, 0.25) is 0 Å². The van der Waals surface area contributed by atoms with E-state index in [0.717, 1.165) is 24.1 Å². The molecule has 2 nitrogen and oxygen atoms in total. The van der Waals surface area contributed by atoms with Crippen LogP contribution < -0.4 is 5.32 Å². The molecule has 1 atom stereocenters. The lowest BCUT2D eigenvalue weighted by atomic mass is 9.96. The van der Waals surface area contributed by atoms with Crippen molar-refractivity contribution in [2.45, 2.75) is 32.7 Å². The van der Waals surface area contributed by atoms with Gasteiger partial charge in [0, 0.05) is 23.5 Å². The molecule has 0 spiro atoms. The Hall–Kier alpha value is -1.45. The fourth-order valence-corrected chi connectivity index (χ4v) is 2.52. The predicted molar refractivity (Wildman–Crippen MR) is 85.1 cm³/mol. The van der Waals surface area contributed by atoms with E-state index in [1.165, 1.54) is 6.07 Å². The highest BCUT2D eigenvalue weighted by Crippen LogP contribution is 2.24. The molecule has 21 heavy (non-hydrogen) atoms. The number of halogens is 2. The third-order valence-corrected chi connectivity index (χ3v) is 3.77. The van der Waals surface area contributed by atoms with Crippen LogP contribution in [0.15, 0.2) is 36.7 Å². The first-order valence-electron chi connectivity index (χ1n) is 7.19. The summed E-state index contributed by atoms with van der Waals surface area (Å²) in [6, 6.07) is 6.88. The Morgan fingerprint density at radius 2 is 2.14 bits per heavy atom. The number of benzene rings is 1. The fraction of sp³-hybridized carbons (Fsp3) is 0.353. The van der Waals surface area contributed by atoms with E-state index in [1.807, 2.05) is 12.3 Å². The van der Waals surface area contributed by atoms with Crippen LogP contribution in [-0.4, -0.2) is 11.5 Å². The summed E-state index contributed by atoms with van der Waals surface area (Å²) in [6.07, 6.45) is 5.24. The highest BCUT2D eigenvalue weighted by atomic mass is 35.5. The van der Waals surface area contributed by atoms with Gasteiger partial charge in [-0.3, -0.25) is 4.98 Å². The minimum atomic E-state index is -0.257. The van der Waals surface area contributed by atoms with Crippen LogP contribution in [0, 0.1) is 12.7 Å². The normalized spacial score (nSPS) is 12.4. The molecule has 4 heteroatoms. The lowest BCUT2D eigenvalue weighted by Crippen LogP contribution is -2.25. The van der Waals surface area contributed by atoms with Crippen molar-refractivity contribution in [3.8, 4) is 0 Å². The molecule has 0 aliphatic carbocycles. The quantitative estimate of drug-likeness (QED) is 0.852. The van der Waals surface area contributed by atoms with Crippen molar-refractivity contribution in [3.63, 3.8) is 0 Å². The van der Waals surface area contributed by atoms with Gasteiger partial charge in [-0.05, 0) is 61.2 Å². The van der Waals surface area contributed by atoms with Gasteiger partial charge < -0.3 is 5.32 Å². The van der Waals surface area contributed by atoms with E-state index in [1.54, 1.807) is 18.3 Å². The van der Waals surface area contributed by atoms with Crippen molar-refractivity contribution in [1.29, 1.82) is 0 Å². The van der Waals surface area contributed by atoms with Gasteiger partial charge in [-0.2, -0.15) is 0 Å². The number of nitrogens with zero attached hydrogens (tertiary/aromatic N) is 1. The second-order valence-electron chi connectivity index (χ2n) is 5.18. The van der Waals surface area contributed by atoms with Crippen molar-refractivity contribution >= 4 is 11.6 Å². The fourth-order valence-electron chi connectivity index (χ4n) is 2.36. The Bertz CT molecular complexity index is 601. The lowest BCUT2D eigenvalue weighted by Gasteiger charge is -2.21. The van der Waals surface area contributed by atoms with E-state index >= 15 is 0 Å². The summed E-state index contributed by atoms with van der Waals surface area (Å²) < 4.78 is 14.0. The molecule has 0 radical (unpaired) electrons. The topological polar surface area (TPSA) is 24.9 Å². The second kappa shape index (κ2) is 7.53. The van der Waals surface area contributed by atoms with Crippen LogP contribution in [0.3, 0.4) is 0 Å². The van der Waals surface area contributed by atoms with Crippen molar-refractivity contribution < 1.29 is 4.39 Å². The zero-order valence-electron chi connectivity index (χ0n) is 12.4. The molecular weight excluding hydrogens is 287 g/mol. The maximum atomic E-state index is 14.0. The van der Waals surface area contributed by atoms with E-state index in [-0.39, 0.29) is 11.9 Å². The van der Waals surface area contributed by atoms with E-state index in [4.69, 9.17) is 11.6 Å². The molecule has 0 saturated carbocycles. The van der Waals surface area contributed by atoms with Gasteiger partial charge in [-0.25, -0.2) is 4.39 Å². The Kier molecular flexibility index (Phi) is 5.71. The summed E-state index contributed by atoms with van der Waals surface area (Å²) in [5.41, 5.74) is 2.93. The molecule has 0 aliphatic heterocycles. The van der Waals surface area contributed by atoms with Crippen LogP contribution in [0.1, 0.15) is 36.1 Å². The van der Waals surface area contributed by atoms with E-state index < -0.39 is 0 Å². The number of aryl methyl sites for hydroxylation is 1. The Labute approximate surface area is 130 Å². The van der Waals surface area contributed by atoms with E-state index in [0.29, 0.717) is 17.0 Å². The first kappa shape index (κ1) is 15.9. The standard InChI is InChI=1S/C17H20ClFN2/c1-3-7-21-17(15-11-20-8-6-12(15)2)9-13-4-5-14(18)10-16(13)19/h4-6,8,10-11,17,21H,3,7,9H2,1-2H3. The number of nitrogens with one attached hydrogen (secondary N) is 1. The average Bonchev–Trinajstić information content (AvgIpc) is 2.46. The molecule has 0 bridgehead atoms. The Balaban J connectivity index is 2.26. The lowest BCUT2D eigenvalue weighted by molar-refractivity contribution is 0.510. The van der Waals surface area contributed by atoms with Crippen LogP contribution in [0.25, 0.3) is 0 Å². The van der Waals surface area contributed by atoms with Crippen molar-refractivity contribution in [2.75, 3.05) is 6.54 Å². The van der Waals surface area contributed by atoms with E-state index in [9.17, 15) is 4.39 Å². The average molecular weight is 307 g/mol. The Morgan fingerprint density at radius 1 is 1.33 bits per heavy atom. The van der Waals surface area contributed by atoms with Crippen LogP contribution in [0.2, 0.25) is 5.02 Å². The van der Waals surface area contributed by atoms with Gasteiger partial charge in [0.25, 0.3) is 0 Å². The summed E-state index contributed by atoms with van der Waals surface area (Å²) in [5.74, 6) is -0.257. The monoisotopic (exact) mass is 306 g/mol. The molecule has 0 aliphatic rings. The zero-order valence-corrected chi connectivity index (χ0v) is 13.1. The number of hydrogen-bond acceptors (Lipinski definition) is 2. The first-order valence-corrected chi connectivity index (χ1v) is 7.57. The van der Waals surface area contributed by atoms with Gasteiger partial charge in [0.15, 0.2) is 0 Å². The Morgan fingerprint density at radius 3 is 2.81 bits per heavy atom. The van der Waals surface area contributed by atoms with Gasteiger partial charge in [0.05, 0.1) is 0 Å². The summed E-state index contributed by atoms with van der Waals surface area (Å²) in [7, 11) is 0. The summed E-state index contributed by atoms with van der Waals surface area (Å²) in [4.78, 5) is 4.20. The third kappa shape index (κ3) is 4.26. The van der Waals surface area contributed by atoms with Crippen LogP contribution in [0.4, 0.5) is 4.39 Å². The molecule has 1 heterocycles. The molecule has 112 valence electrons. The third-order valence-electron chi connectivity index (χ3n) is 3.53. The SMILES string of the molecule is CCCNC(Cc1ccc(Cl)cc1F)c1cnccc1C. The highest BCUT2D eigenvalue weighted by Gasteiger charge is 2.16. The smallest absolute Gasteiger partial charge is 0.127 e. The zero-order chi connectivity index (χ0) is 15.2. The summed E-state index contributed by atoms with van der Waals surface area (Å²) in [5, 5.41) is 3.90. The summed E-state index contributed by atoms with van der Waals surface area (Å²) >= 11 is 5.81. The van der Waals surface area contributed by atoms with Crippen LogP contribution >= 0.6 is 11.6 Å². The van der Waals surface area contributed by atoms with Crippen molar-refractivity contribution in [3.05, 3.63) is 64.2 Å². The molecule has 1 unspecified atom stereocenters. The van der Waals surface area contributed by atoms with E-state index in [2.05, 4.69) is 24.1 Å². The minimum absolute atomic E-state index is 0.0503. The largest absolute Gasteiger partial charge is 0.310 e. The molecular formula is C17H20ClFN2. The number of pyridine rings is 1. The molecule has 0 fully saturated rings. The number of rotatable bonds is 6. The predicted octanol–water partition coefficient (Wildman–Crippen LogP) is 4.47. The molecule has 0 saturated heterocycles. The van der Waals surface area contributed by atoms with Crippen LogP contribution in [0.5, 0.6) is 0 Å². The van der Waals surface area contributed by atoms with Gasteiger partial charge in [-0.15, -0.1) is 0 Å².